The second kappa shape index (κ2) is 8.43. The summed E-state index contributed by atoms with van der Waals surface area (Å²) in [5.41, 5.74) is 0.127. The van der Waals surface area contributed by atoms with Crippen molar-refractivity contribution >= 4 is 29.7 Å². The Morgan fingerprint density at radius 1 is 0.727 bits per heavy atom. The number of benzene rings is 3. The van der Waals surface area contributed by atoms with E-state index in [2.05, 4.69) is 30.3 Å². The van der Waals surface area contributed by atoms with Crippen molar-refractivity contribution in [1.29, 1.82) is 0 Å². The van der Waals surface area contributed by atoms with Gasteiger partial charge in [-0.3, -0.25) is 0 Å². The summed E-state index contributed by atoms with van der Waals surface area (Å²) < 4.78 is 70.0. The first-order valence-electron chi connectivity index (χ1n) is 9.24. The van der Waals surface area contributed by atoms with Gasteiger partial charge in [0.1, 0.15) is 11.3 Å². The van der Waals surface area contributed by atoms with E-state index in [0.29, 0.717) is 11.3 Å². The summed E-state index contributed by atoms with van der Waals surface area (Å²) in [6.07, 6.45) is 0. The Bertz CT molecular complexity index is 1260. The molecule has 0 bridgehead atoms. The average molecular weight is 506 g/mol. The number of methoxy groups -OCH3 is 1. The molecular formula is C22H17F6O3PS. The number of rotatable bonds is 4. The van der Waals surface area contributed by atoms with E-state index < -0.39 is 13.4 Å². The van der Waals surface area contributed by atoms with Crippen LogP contribution in [-0.2, 0) is 10.9 Å². The van der Waals surface area contributed by atoms with Gasteiger partial charge in [0.25, 0.3) is 0 Å². The summed E-state index contributed by atoms with van der Waals surface area (Å²) in [6.45, 7) is 0. The summed E-state index contributed by atoms with van der Waals surface area (Å²) in [4.78, 5) is 15.4. The van der Waals surface area contributed by atoms with Crippen LogP contribution in [0, 0.1) is 0 Å². The first-order chi connectivity index (χ1) is 15.2. The third kappa shape index (κ3) is 7.83. The first-order valence-corrected chi connectivity index (χ1v) is 12.5. The minimum atomic E-state index is -10.7. The molecule has 3 nitrogen and oxygen atoms in total. The van der Waals surface area contributed by atoms with Crippen molar-refractivity contribution < 1.29 is 34.3 Å². The van der Waals surface area contributed by atoms with Gasteiger partial charge < -0.3 is 9.15 Å². The van der Waals surface area contributed by atoms with Crippen molar-refractivity contribution in [1.82, 2.24) is 0 Å². The standard InChI is InChI=1S/C22H17O3S.F6P/c1-24-20-15-22(23)25-21-14-18(12-13-19(20)21)26(16-8-4-2-5-9-16)17-10-6-3-7-11-17;1-7(2,3,4,5)6/h2-15H,1H3;/q+1;-1. The monoisotopic (exact) mass is 506 g/mol. The molecule has 0 atom stereocenters. The Hall–Kier alpha value is -2.97. The molecular weight excluding hydrogens is 489 g/mol. The Balaban J connectivity index is 0.000000383. The Morgan fingerprint density at radius 3 is 1.67 bits per heavy atom. The predicted octanol–water partition coefficient (Wildman–Crippen LogP) is 8.28. The molecule has 0 aliphatic rings. The molecule has 0 saturated heterocycles. The van der Waals surface area contributed by atoms with E-state index in [-0.39, 0.29) is 10.9 Å². The number of fused-ring (bicyclic) bond motifs is 1. The summed E-state index contributed by atoms with van der Waals surface area (Å²) in [7, 11) is -9.39. The number of hydrogen-bond acceptors (Lipinski definition) is 3. The van der Waals surface area contributed by atoms with Crippen molar-refractivity contribution in [2.45, 2.75) is 14.7 Å². The van der Waals surface area contributed by atoms with Crippen molar-refractivity contribution in [3.8, 4) is 5.75 Å². The van der Waals surface area contributed by atoms with Crippen LogP contribution in [0.15, 0.2) is 109 Å². The zero-order valence-electron chi connectivity index (χ0n) is 16.9. The molecule has 11 heteroatoms. The summed E-state index contributed by atoms with van der Waals surface area (Å²) in [6, 6.07) is 28.1. The minimum absolute atomic E-state index is 0.289. The molecule has 4 aromatic rings. The molecule has 0 aliphatic carbocycles. The summed E-state index contributed by atoms with van der Waals surface area (Å²) in [5.74, 6) is 0.530. The summed E-state index contributed by atoms with van der Waals surface area (Å²) in [5, 5.41) is 0.792. The van der Waals surface area contributed by atoms with Crippen LogP contribution in [0.25, 0.3) is 11.0 Å². The molecule has 0 radical (unpaired) electrons. The van der Waals surface area contributed by atoms with Gasteiger partial charge in [0.2, 0.25) is 0 Å². The van der Waals surface area contributed by atoms with Gasteiger partial charge in [0.05, 0.1) is 29.5 Å². The maximum absolute atomic E-state index is 11.8. The molecule has 0 saturated carbocycles. The van der Waals surface area contributed by atoms with Gasteiger partial charge in [-0.25, -0.2) is 4.79 Å². The van der Waals surface area contributed by atoms with Gasteiger partial charge in [-0.05, 0) is 36.4 Å². The van der Waals surface area contributed by atoms with Gasteiger partial charge in [-0.1, -0.05) is 36.4 Å². The molecule has 0 aliphatic heterocycles. The Morgan fingerprint density at radius 2 is 1.21 bits per heavy atom. The molecule has 0 spiro atoms. The van der Waals surface area contributed by atoms with Gasteiger partial charge in [0.15, 0.2) is 14.7 Å². The quantitative estimate of drug-likeness (QED) is 0.121. The molecule has 4 rings (SSSR count). The molecule has 3 aromatic carbocycles. The molecule has 0 amide bonds. The Kier molecular flexibility index (Phi) is 6.30. The third-order valence-corrected chi connectivity index (χ3v) is 6.30. The third-order valence-electron chi connectivity index (χ3n) is 4.09. The van der Waals surface area contributed by atoms with E-state index in [1.54, 1.807) is 7.11 Å². The van der Waals surface area contributed by atoms with Crippen LogP contribution in [-0.4, -0.2) is 7.11 Å². The fourth-order valence-corrected chi connectivity index (χ4v) is 5.03. The molecule has 33 heavy (non-hydrogen) atoms. The molecule has 176 valence electrons. The number of halogens is 6. The molecule has 1 heterocycles. The van der Waals surface area contributed by atoms with Crippen LogP contribution < -0.4 is 10.4 Å². The predicted molar refractivity (Wildman–Crippen MR) is 118 cm³/mol. The van der Waals surface area contributed by atoms with E-state index in [4.69, 9.17) is 9.15 Å². The van der Waals surface area contributed by atoms with Crippen molar-refractivity contribution in [2.75, 3.05) is 7.11 Å². The second-order valence-electron chi connectivity index (χ2n) is 6.68. The summed E-state index contributed by atoms with van der Waals surface area (Å²) >= 11 is 0. The van der Waals surface area contributed by atoms with Crippen molar-refractivity contribution in [2.24, 2.45) is 0 Å². The fraction of sp³-hybridized carbons (Fsp3) is 0.0455. The van der Waals surface area contributed by atoms with Crippen molar-refractivity contribution in [3.63, 3.8) is 0 Å². The average Bonchev–Trinajstić information content (AvgIpc) is 2.72. The maximum atomic E-state index is 11.8. The van der Waals surface area contributed by atoms with E-state index in [1.807, 2.05) is 48.5 Å². The van der Waals surface area contributed by atoms with E-state index in [1.165, 1.54) is 15.9 Å². The number of ether oxygens (including phenoxy) is 1. The number of hydrogen-bond donors (Lipinski definition) is 0. The van der Waals surface area contributed by atoms with Crippen molar-refractivity contribution in [3.05, 3.63) is 95.3 Å². The molecule has 0 N–H and O–H groups in total. The topological polar surface area (TPSA) is 39.4 Å². The molecule has 1 aromatic heterocycles. The first kappa shape index (κ1) is 24.7. The van der Waals surface area contributed by atoms with Gasteiger partial charge in [-0.15, -0.1) is 0 Å². The van der Waals surface area contributed by atoms with Crippen LogP contribution >= 0.6 is 7.81 Å². The molecule has 0 unspecified atom stereocenters. The zero-order valence-corrected chi connectivity index (χ0v) is 18.6. The van der Waals surface area contributed by atoms with Gasteiger partial charge in [-0.2, -0.15) is 0 Å². The van der Waals surface area contributed by atoms with Gasteiger partial charge >= 0.3 is 38.6 Å². The van der Waals surface area contributed by atoms with E-state index in [0.717, 1.165) is 10.3 Å². The van der Waals surface area contributed by atoms with Crippen LogP contribution in [0.4, 0.5) is 25.2 Å². The van der Waals surface area contributed by atoms with E-state index in [9.17, 15) is 30.0 Å². The van der Waals surface area contributed by atoms with E-state index >= 15 is 0 Å². The van der Waals surface area contributed by atoms with Crippen LogP contribution in [0.1, 0.15) is 0 Å². The van der Waals surface area contributed by atoms with Crippen LogP contribution in [0.2, 0.25) is 0 Å². The zero-order chi connectivity index (χ0) is 24.3. The van der Waals surface area contributed by atoms with Gasteiger partial charge in [0, 0.05) is 6.07 Å². The SMILES string of the molecule is COc1cc(=O)oc2cc([S+](c3ccccc3)c3ccccc3)ccc12.F[P-](F)(F)(F)(F)F. The fourth-order valence-electron chi connectivity index (χ4n) is 2.93. The van der Waals surface area contributed by atoms with Crippen LogP contribution in [0.5, 0.6) is 5.75 Å². The normalized spacial score (nSPS) is 13.6. The molecule has 0 fully saturated rings. The second-order valence-corrected chi connectivity index (χ2v) is 10.6. The van der Waals surface area contributed by atoms with Crippen LogP contribution in [0.3, 0.4) is 0 Å². The Labute approximate surface area is 187 Å².